The number of piperidine rings is 1. The minimum atomic E-state index is -0.358. The number of halogens is 2. The van der Waals surface area contributed by atoms with Crippen molar-refractivity contribution in [3.8, 4) is 0 Å². The zero-order chi connectivity index (χ0) is 23.0. The Kier molecular flexibility index (Phi) is 10.1. The van der Waals surface area contributed by atoms with E-state index in [1.807, 2.05) is 19.1 Å². The van der Waals surface area contributed by atoms with Crippen LogP contribution in [0.2, 0.25) is 10.0 Å². The molecule has 1 aromatic carbocycles. The number of hydrogen-bond donors (Lipinski definition) is 1. The van der Waals surface area contributed by atoms with E-state index in [-0.39, 0.29) is 17.6 Å². The number of nitrogens with one attached hydrogen (secondary N) is 1. The maximum atomic E-state index is 12.5. The number of benzene rings is 1. The van der Waals surface area contributed by atoms with Crippen molar-refractivity contribution in [2.24, 2.45) is 11.3 Å². The van der Waals surface area contributed by atoms with Gasteiger partial charge in [0.15, 0.2) is 0 Å². The Labute approximate surface area is 196 Å². The molecule has 7 heteroatoms. The van der Waals surface area contributed by atoms with Crippen LogP contribution in [0.1, 0.15) is 58.9 Å². The lowest BCUT2D eigenvalue weighted by Crippen LogP contribution is -2.52. The van der Waals surface area contributed by atoms with Gasteiger partial charge in [0, 0.05) is 35.5 Å². The van der Waals surface area contributed by atoms with Crippen LogP contribution in [0.5, 0.6) is 0 Å². The number of carbonyl (C=O) groups excluding carboxylic acids is 2. The van der Waals surface area contributed by atoms with Crippen LogP contribution in [-0.4, -0.2) is 49.1 Å². The van der Waals surface area contributed by atoms with E-state index >= 15 is 0 Å². The highest BCUT2D eigenvalue weighted by Gasteiger charge is 2.30. The quantitative estimate of drug-likeness (QED) is 0.498. The van der Waals surface area contributed by atoms with Gasteiger partial charge >= 0.3 is 6.09 Å². The lowest BCUT2D eigenvalue weighted by atomic mass is 9.85. The summed E-state index contributed by atoms with van der Waals surface area (Å²) in [6.45, 7) is 11.2. The Hall–Kier alpha value is -1.30. The molecular weight excluding hydrogens is 435 g/mol. The first-order chi connectivity index (χ1) is 14.6. The molecule has 2 rings (SSSR count). The van der Waals surface area contributed by atoms with Crippen molar-refractivity contribution in [2.75, 3.05) is 26.2 Å². The van der Waals surface area contributed by atoms with Crippen molar-refractivity contribution >= 4 is 35.1 Å². The van der Waals surface area contributed by atoms with Gasteiger partial charge < -0.3 is 15.0 Å². The molecule has 174 valence electrons. The molecular formula is C24H36Cl2N2O3. The molecule has 1 unspecified atom stereocenters. The smallest absolute Gasteiger partial charge is 0.407 e. The highest BCUT2D eigenvalue weighted by molar-refractivity contribution is 6.34. The van der Waals surface area contributed by atoms with Gasteiger partial charge in [0.2, 0.25) is 0 Å². The summed E-state index contributed by atoms with van der Waals surface area (Å²) in [5, 5.41) is 4.22. The Bertz CT molecular complexity index is 721. The number of amides is 1. The van der Waals surface area contributed by atoms with Crippen LogP contribution in [-0.2, 0) is 16.0 Å². The number of Topliss-reactive ketones (excluding diaryl/α,β-unsaturated/α-hetero) is 1. The van der Waals surface area contributed by atoms with Crippen LogP contribution in [0, 0.1) is 11.3 Å². The predicted molar refractivity (Wildman–Crippen MR) is 127 cm³/mol. The summed E-state index contributed by atoms with van der Waals surface area (Å²) in [6.07, 6.45) is 3.47. The Morgan fingerprint density at radius 3 is 2.32 bits per heavy atom. The van der Waals surface area contributed by atoms with Crippen molar-refractivity contribution in [1.29, 1.82) is 0 Å². The van der Waals surface area contributed by atoms with Gasteiger partial charge in [-0.15, -0.1) is 0 Å². The second-order valence-corrected chi connectivity index (χ2v) is 10.4. The number of nitrogens with zero attached hydrogens (tertiary/aromatic N) is 1. The molecule has 1 saturated heterocycles. The summed E-state index contributed by atoms with van der Waals surface area (Å²) in [7, 11) is 0. The van der Waals surface area contributed by atoms with Crippen LogP contribution in [0.15, 0.2) is 18.2 Å². The molecule has 1 atom stereocenters. The summed E-state index contributed by atoms with van der Waals surface area (Å²) in [4.78, 5) is 26.8. The Morgan fingerprint density at radius 1 is 1.16 bits per heavy atom. The number of ether oxygens (including phenoxy) is 1. The second kappa shape index (κ2) is 12.1. The van der Waals surface area contributed by atoms with E-state index in [0.29, 0.717) is 47.6 Å². The van der Waals surface area contributed by atoms with Gasteiger partial charge in [0.25, 0.3) is 0 Å². The summed E-state index contributed by atoms with van der Waals surface area (Å²) < 4.78 is 5.06. The van der Waals surface area contributed by atoms with E-state index in [2.05, 4.69) is 31.0 Å². The van der Waals surface area contributed by atoms with Crippen LogP contribution >= 0.6 is 23.2 Å². The number of aryl methyl sites for hydroxylation is 1. The molecule has 1 aliphatic heterocycles. The fourth-order valence-electron chi connectivity index (χ4n) is 3.95. The van der Waals surface area contributed by atoms with Crippen LogP contribution in [0.25, 0.3) is 0 Å². The largest absolute Gasteiger partial charge is 0.450 e. The van der Waals surface area contributed by atoms with E-state index in [4.69, 9.17) is 27.9 Å². The summed E-state index contributed by atoms with van der Waals surface area (Å²) in [5.41, 5.74) is 0.936. The van der Waals surface area contributed by atoms with Crippen LogP contribution in [0.3, 0.4) is 0 Å². The molecule has 0 spiro atoms. The number of likely N-dealkylation sites (tertiary alicyclic amines) is 1. The van der Waals surface area contributed by atoms with Gasteiger partial charge in [-0.2, -0.15) is 0 Å². The molecule has 0 bridgehead atoms. The van der Waals surface area contributed by atoms with Gasteiger partial charge in [-0.3, -0.25) is 4.79 Å². The molecule has 5 nitrogen and oxygen atoms in total. The van der Waals surface area contributed by atoms with Gasteiger partial charge in [-0.1, -0.05) is 44.0 Å². The highest BCUT2D eigenvalue weighted by Crippen LogP contribution is 2.26. The molecule has 1 aromatic rings. The molecule has 0 aromatic heterocycles. The fourth-order valence-corrected chi connectivity index (χ4v) is 4.52. The topological polar surface area (TPSA) is 58.6 Å². The SMILES string of the molecule is CCOC(=O)NC(CN1CCC(CC(=O)CCc2cc(Cl)cc(Cl)c2)CC1)C(C)(C)C. The number of alkyl carbamates (subject to hydrolysis) is 1. The minimum Gasteiger partial charge on any atom is -0.450 e. The van der Waals surface area contributed by atoms with Gasteiger partial charge in [-0.25, -0.2) is 4.79 Å². The highest BCUT2D eigenvalue weighted by atomic mass is 35.5. The van der Waals surface area contributed by atoms with Gasteiger partial charge in [0.1, 0.15) is 5.78 Å². The third-order valence-corrected chi connectivity index (χ3v) is 6.33. The molecule has 31 heavy (non-hydrogen) atoms. The summed E-state index contributed by atoms with van der Waals surface area (Å²) in [5.74, 6) is 0.726. The second-order valence-electron chi connectivity index (χ2n) is 9.55. The van der Waals surface area contributed by atoms with E-state index in [1.165, 1.54) is 0 Å². The van der Waals surface area contributed by atoms with Crippen molar-refractivity contribution in [2.45, 2.75) is 65.8 Å². The standard InChI is InChI=1S/C24H36Cl2N2O3/c1-5-31-23(30)27-22(24(2,3)4)16-28-10-8-17(9-11-28)14-21(29)7-6-18-12-19(25)15-20(26)13-18/h12-13,15,17,22H,5-11,14,16H2,1-4H3,(H,27,30). The number of hydrogen-bond acceptors (Lipinski definition) is 4. The third kappa shape index (κ3) is 9.38. The van der Waals surface area contributed by atoms with Gasteiger partial charge in [-0.05, 0) is 74.4 Å². The van der Waals surface area contributed by atoms with E-state index < -0.39 is 0 Å². The zero-order valence-corrected chi connectivity index (χ0v) is 20.7. The first kappa shape index (κ1) is 26.0. The first-order valence-electron chi connectivity index (χ1n) is 11.2. The molecule has 0 radical (unpaired) electrons. The third-order valence-electron chi connectivity index (χ3n) is 5.89. The molecule has 1 heterocycles. The number of carbonyl (C=O) groups is 2. The van der Waals surface area contributed by atoms with Gasteiger partial charge in [0.05, 0.1) is 6.61 Å². The lowest BCUT2D eigenvalue weighted by molar-refractivity contribution is -0.120. The first-order valence-corrected chi connectivity index (χ1v) is 11.9. The summed E-state index contributed by atoms with van der Waals surface area (Å²) in [6, 6.07) is 5.45. The maximum absolute atomic E-state index is 12.5. The van der Waals surface area contributed by atoms with Crippen LogP contribution in [0.4, 0.5) is 4.79 Å². The number of ketones is 1. The normalized spacial score (nSPS) is 16.7. The Balaban J connectivity index is 1.76. The predicted octanol–water partition coefficient (Wildman–Crippen LogP) is 5.76. The van der Waals surface area contributed by atoms with Crippen molar-refractivity contribution in [3.63, 3.8) is 0 Å². The fraction of sp³-hybridized carbons (Fsp3) is 0.667. The molecule has 1 aliphatic rings. The molecule has 1 fully saturated rings. The van der Waals surface area contributed by atoms with E-state index in [9.17, 15) is 9.59 Å². The average Bonchev–Trinajstić information content (AvgIpc) is 2.66. The Morgan fingerprint density at radius 2 is 1.77 bits per heavy atom. The number of rotatable bonds is 9. The lowest BCUT2D eigenvalue weighted by Gasteiger charge is -2.38. The van der Waals surface area contributed by atoms with Crippen molar-refractivity contribution < 1.29 is 14.3 Å². The summed E-state index contributed by atoms with van der Waals surface area (Å²) >= 11 is 12.1. The van der Waals surface area contributed by atoms with E-state index in [1.54, 1.807) is 6.07 Å². The van der Waals surface area contributed by atoms with E-state index in [0.717, 1.165) is 38.0 Å². The zero-order valence-electron chi connectivity index (χ0n) is 19.2. The monoisotopic (exact) mass is 470 g/mol. The molecule has 1 N–H and O–H groups in total. The molecule has 1 amide bonds. The molecule has 0 aliphatic carbocycles. The van der Waals surface area contributed by atoms with Crippen LogP contribution < -0.4 is 5.32 Å². The van der Waals surface area contributed by atoms with Crippen molar-refractivity contribution in [1.82, 2.24) is 10.2 Å². The average molecular weight is 471 g/mol. The minimum absolute atomic E-state index is 0.00857. The van der Waals surface area contributed by atoms with Crippen molar-refractivity contribution in [3.05, 3.63) is 33.8 Å². The maximum Gasteiger partial charge on any atom is 0.407 e. The molecule has 0 saturated carbocycles.